The lowest BCUT2D eigenvalue weighted by atomic mass is 9.82. The summed E-state index contributed by atoms with van der Waals surface area (Å²) in [5, 5.41) is 11.3. The lowest BCUT2D eigenvalue weighted by molar-refractivity contribution is 0.00563. The molecular formula is C13H17N5O. The molecule has 1 aliphatic rings. The Bertz CT molecular complexity index is 522. The highest BCUT2D eigenvalue weighted by Crippen LogP contribution is 2.30. The zero-order valence-corrected chi connectivity index (χ0v) is 10.9. The lowest BCUT2D eigenvalue weighted by Crippen LogP contribution is -2.34. The Labute approximate surface area is 111 Å². The molecule has 0 aliphatic heterocycles. The van der Waals surface area contributed by atoms with Crippen molar-refractivity contribution in [3.63, 3.8) is 0 Å². The van der Waals surface area contributed by atoms with Crippen LogP contribution < -0.4 is 5.32 Å². The Balaban J connectivity index is 1.65. The zero-order chi connectivity index (χ0) is 13.1. The van der Waals surface area contributed by atoms with Crippen LogP contribution in [-0.4, -0.2) is 39.7 Å². The minimum atomic E-state index is 0.440. The molecule has 0 saturated heterocycles. The van der Waals surface area contributed by atoms with E-state index in [-0.39, 0.29) is 0 Å². The molecule has 6 nitrogen and oxygen atoms in total. The van der Waals surface area contributed by atoms with Gasteiger partial charge in [-0.25, -0.2) is 4.68 Å². The number of ether oxygens (including phenoxy) is 1. The molecule has 0 atom stereocenters. The molecule has 1 fully saturated rings. The molecule has 6 heteroatoms. The van der Waals surface area contributed by atoms with Crippen molar-refractivity contribution in [1.82, 2.24) is 20.0 Å². The molecule has 0 aromatic carbocycles. The van der Waals surface area contributed by atoms with Gasteiger partial charge < -0.3 is 10.1 Å². The average Bonchev–Trinajstić information content (AvgIpc) is 2.91. The molecule has 100 valence electrons. The molecular weight excluding hydrogens is 242 g/mol. The maximum atomic E-state index is 5.29. The molecule has 1 aliphatic carbocycles. The first-order chi connectivity index (χ1) is 9.36. The number of hydrogen-bond acceptors (Lipinski definition) is 5. The van der Waals surface area contributed by atoms with E-state index in [4.69, 9.17) is 4.74 Å². The molecule has 0 unspecified atom stereocenters. The van der Waals surface area contributed by atoms with Gasteiger partial charge in [0.05, 0.1) is 36.1 Å². The van der Waals surface area contributed by atoms with Gasteiger partial charge in [0.25, 0.3) is 0 Å². The third kappa shape index (κ3) is 2.58. The van der Waals surface area contributed by atoms with Crippen LogP contribution >= 0.6 is 0 Å². The summed E-state index contributed by atoms with van der Waals surface area (Å²) in [6.45, 7) is 0.938. The first-order valence-corrected chi connectivity index (χ1v) is 6.44. The van der Waals surface area contributed by atoms with E-state index in [0.29, 0.717) is 12.0 Å². The molecule has 2 aromatic heterocycles. The Kier molecular flexibility index (Phi) is 3.41. The van der Waals surface area contributed by atoms with Crippen LogP contribution in [-0.2, 0) is 4.74 Å². The van der Waals surface area contributed by atoms with Crippen LogP contribution in [0.1, 0.15) is 12.8 Å². The van der Waals surface area contributed by atoms with Gasteiger partial charge in [-0.05, 0) is 24.8 Å². The summed E-state index contributed by atoms with van der Waals surface area (Å²) in [4.78, 5) is 4.16. The number of rotatable bonds is 5. The van der Waals surface area contributed by atoms with Crippen LogP contribution in [0.5, 0.6) is 0 Å². The molecule has 0 amide bonds. The van der Waals surface area contributed by atoms with Crippen LogP contribution in [0.2, 0.25) is 0 Å². The normalized spacial score (nSPS) is 21.9. The van der Waals surface area contributed by atoms with E-state index in [2.05, 4.69) is 20.6 Å². The van der Waals surface area contributed by atoms with Gasteiger partial charge in [0.1, 0.15) is 0 Å². The maximum Gasteiger partial charge on any atom is 0.0925 e. The number of methoxy groups -OCH3 is 1. The first-order valence-electron chi connectivity index (χ1n) is 6.44. The second-order valence-corrected chi connectivity index (χ2v) is 4.82. The van der Waals surface area contributed by atoms with E-state index in [9.17, 15) is 0 Å². The van der Waals surface area contributed by atoms with Crippen molar-refractivity contribution in [2.24, 2.45) is 5.92 Å². The van der Waals surface area contributed by atoms with E-state index >= 15 is 0 Å². The van der Waals surface area contributed by atoms with Crippen molar-refractivity contribution >= 4 is 5.69 Å². The molecule has 1 saturated carbocycles. The molecule has 2 heterocycles. The average molecular weight is 259 g/mol. The topological polar surface area (TPSA) is 64.9 Å². The minimum absolute atomic E-state index is 0.440. The van der Waals surface area contributed by atoms with Gasteiger partial charge in [-0.15, -0.1) is 5.10 Å². The largest absolute Gasteiger partial charge is 0.382 e. The molecule has 0 spiro atoms. The number of nitrogens with one attached hydrogen (secondary N) is 1. The van der Waals surface area contributed by atoms with Gasteiger partial charge in [-0.2, -0.15) is 0 Å². The fourth-order valence-electron chi connectivity index (χ4n) is 2.35. The van der Waals surface area contributed by atoms with Crippen LogP contribution in [0.25, 0.3) is 5.69 Å². The smallest absolute Gasteiger partial charge is 0.0925 e. The quantitative estimate of drug-likeness (QED) is 0.881. The highest BCUT2D eigenvalue weighted by Gasteiger charge is 2.28. The monoisotopic (exact) mass is 259 g/mol. The predicted octanol–water partition coefficient (Wildman–Crippen LogP) is 1.50. The Morgan fingerprint density at radius 1 is 1.42 bits per heavy atom. The van der Waals surface area contributed by atoms with Crippen molar-refractivity contribution in [2.45, 2.75) is 18.9 Å². The lowest BCUT2D eigenvalue weighted by Gasteiger charge is -2.34. The van der Waals surface area contributed by atoms with Crippen molar-refractivity contribution in [1.29, 1.82) is 0 Å². The van der Waals surface area contributed by atoms with Gasteiger partial charge in [0.15, 0.2) is 0 Å². The second-order valence-electron chi connectivity index (χ2n) is 4.82. The Morgan fingerprint density at radius 3 is 3.05 bits per heavy atom. The van der Waals surface area contributed by atoms with E-state index in [1.54, 1.807) is 24.2 Å². The summed E-state index contributed by atoms with van der Waals surface area (Å²) in [5.74, 6) is 0.675. The van der Waals surface area contributed by atoms with Crippen molar-refractivity contribution in [3.05, 3.63) is 30.9 Å². The third-order valence-electron chi connectivity index (χ3n) is 3.57. The van der Waals surface area contributed by atoms with Crippen molar-refractivity contribution in [2.75, 3.05) is 19.0 Å². The summed E-state index contributed by atoms with van der Waals surface area (Å²) in [7, 11) is 1.78. The van der Waals surface area contributed by atoms with Crippen LogP contribution in [0.15, 0.2) is 30.9 Å². The van der Waals surface area contributed by atoms with Crippen LogP contribution in [0, 0.1) is 5.92 Å². The van der Waals surface area contributed by atoms with Crippen LogP contribution in [0.3, 0.4) is 0 Å². The van der Waals surface area contributed by atoms with Crippen molar-refractivity contribution in [3.8, 4) is 5.69 Å². The number of aromatic nitrogens is 4. The molecule has 0 radical (unpaired) electrons. The predicted molar refractivity (Wildman–Crippen MR) is 71.2 cm³/mol. The standard InChI is InChI=1S/C13H17N5O/c1-19-11-6-10(7-11)8-15-12-9-14-3-2-13(12)18-5-4-16-17-18/h2-5,9-11,15H,6-8H2,1H3. The van der Waals surface area contributed by atoms with E-state index in [1.165, 1.54) is 0 Å². The molecule has 2 aromatic rings. The van der Waals surface area contributed by atoms with E-state index < -0.39 is 0 Å². The summed E-state index contributed by atoms with van der Waals surface area (Å²) in [6.07, 6.45) is 9.76. The fourth-order valence-corrected chi connectivity index (χ4v) is 2.35. The van der Waals surface area contributed by atoms with E-state index in [0.717, 1.165) is 30.8 Å². The van der Waals surface area contributed by atoms with Crippen LogP contribution in [0.4, 0.5) is 5.69 Å². The zero-order valence-electron chi connectivity index (χ0n) is 10.9. The maximum absolute atomic E-state index is 5.29. The summed E-state index contributed by atoms with van der Waals surface area (Å²) in [5.41, 5.74) is 1.95. The SMILES string of the molecule is COC1CC(CNc2cnccc2-n2ccnn2)C1. The van der Waals surface area contributed by atoms with Gasteiger partial charge in [0.2, 0.25) is 0 Å². The first kappa shape index (κ1) is 12.1. The van der Waals surface area contributed by atoms with Gasteiger partial charge >= 0.3 is 0 Å². The van der Waals surface area contributed by atoms with Gasteiger partial charge in [-0.3, -0.25) is 4.98 Å². The van der Waals surface area contributed by atoms with Gasteiger partial charge in [0, 0.05) is 19.9 Å². The Hall–Kier alpha value is -1.95. The summed E-state index contributed by atoms with van der Waals surface area (Å²) < 4.78 is 7.03. The highest BCUT2D eigenvalue weighted by atomic mass is 16.5. The van der Waals surface area contributed by atoms with Gasteiger partial charge in [-0.1, -0.05) is 5.21 Å². The third-order valence-corrected chi connectivity index (χ3v) is 3.57. The molecule has 1 N–H and O–H groups in total. The summed E-state index contributed by atoms with van der Waals surface area (Å²) in [6, 6.07) is 1.93. The number of hydrogen-bond donors (Lipinski definition) is 1. The number of anilines is 1. The molecule has 0 bridgehead atoms. The molecule has 3 rings (SSSR count). The number of nitrogens with zero attached hydrogens (tertiary/aromatic N) is 4. The summed E-state index contributed by atoms with van der Waals surface area (Å²) >= 11 is 0. The molecule has 19 heavy (non-hydrogen) atoms. The number of pyridine rings is 1. The van der Waals surface area contributed by atoms with E-state index in [1.807, 2.05) is 18.5 Å². The highest BCUT2D eigenvalue weighted by molar-refractivity contribution is 5.58. The van der Waals surface area contributed by atoms with Crippen molar-refractivity contribution < 1.29 is 4.74 Å². The Morgan fingerprint density at radius 2 is 2.32 bits per heavy atom. The second kappa shape index (κ2) is 5.36. The minimum Gasteiger partial charge on any atom is -0.382 e. The fraction of sp³-hybridized carbons (Fsp3) is 0.462.